The Morgan fingerprint density at radius 3 is 2.23 bits per heavy atom. The minimum absolute atomic E-state index is 0.0682. The van der Waals surface area contributed by atoms with E-state index in [1.54, 1.807) is 31.3 Å². The minimum atomic E-state index is -1.09. The molecule has 1 aliphatic carbocycles. The van der Waals surface area contributed by atoms with Crippen molar-refractivity contribution >= 4 is 23.6 Å². The number of carbonyl (C=O) groups excluding carboxylic acids is 2. The summed E-state index contributed by atoms with van der Waals surface area (Å²) in [4.78, 5) is 40.4. The zero-order valence-corrected chi connectivity index (χ0v) is 20.1. The zero-order valence-electron chi connectivity index (χ0n) is 20.1. The summed E-state index contributed by atoms with van der Waals surface area (Å²) in [5, 5.41) is 20.1. The van der Waals surface area contributed by atoms with Gasteiger partial charge in [-0.05, 0) is 36.3 Å². The summed E-state index contributed by atoms with van der Waals surface area (Å²) in [6.07, 6.45) is 4.55. The van der Waals surface area contributed by atoms with Crippen LogP contribution in [0.2, 0.25) is 0 Å². The standard InChI is InChI=1S/C27H34N4O4/c1-31(17-19-8-4-2-5-9-19)26(33)22(16-18-12-14-21(15-13-18)24(28)29)25(32)30-23(27(34)35)20-10-6-3-7-11-20/h2,4-5,8-9,12-15,20,22-23H,3,6-7,10-11,16-17H2,1H3,(H3,28,29)(H,30,32)(H,34,35)/t22-,23+/m1/s1. The number of nitrogen functional groups attached to an aromatic ring is 1. The van der Waals surface area contributed by atoms with Gasteiger partial charge in [0, 0.05) is 19.2 Å². The fourth-order valence-corrected chi connectivity index (χ4v) is 4.65. The lowest BCUT2D eigenvalue weighted by atomic mass is 9.83. The maximum atomic E-state index is 13.5. The molecule has 8 heteroatoms. The largest absolute Gasteiger partial charge is 0.480 e. The molecule has 0 radical (unpaired) electrons. The topological polar surface area (TPSA) is 137 Å². The number of nitrogens with two attached hydrogens (primary N) is 1. The number of hydrogen-bond acceptors (Lipinski definition) is 4. The van der Waals surface area contributed by atoms with E-state index in [1.165, 1.54) is 4.90 Å². The van der Waals surface area contributed by atoms with Crippen LogP contribution in [0.15, 0.2) is 54.6 Å². The average molecular weight is 479 g/mol. The molecule has 1 aliphatic rings. The van der Waals surface area contributed by atoms with Gasteiger partial charge in [0.2, 0.25) is 11.8 Å². The third-order valence-corrected chi connectivity index (χ3v) is 6.64. The number of hydrogen-bond donors (Lipinski definition) is 4. The first-order valence-electron chi connectivity index (χ1n) is 12.0. The first-order valence-corrected chi connectivity index (χ1v) is 12.0. The number of aliphatic carboxylic acids is 1. The van der Waals surface area contributed by atoms with E-state index < -0.39 is 23.8 Å². The van der Waals surface area contributed by atoms with Gasteiger partial charge in [-0.2, -0.15) is 0 Å². The highest BCUT2D eigenvalue weighted by atomic mass is 16.4. The van der Waals surface area contributed by atoms with Crippen LogP contribution in [0.1, 0.15) is 48.8 Å². The molecule has 186 valence electrons. The third-order valence-electron chi connectivity index (χ3n) is 6.64. The maximum absolute atomic E-state index is 13.5. The summed E-state index contributed by atoms with van der Waals surface area (Å²) in [5.74, 6) is -3.32. The summed E-state index contributed by atoms with van der Waals surface area (Å²) in [5.41, 5.74) is 7.73. The number of carboxylic acids is 1. The molecule has 1 fully saturated rings. The van der Waals surface area contributed by atoms with Crippen LogP contribution in [0.4, 0.5) is 0 Å². The van der Waals surface area contributed by atoms with E-state index in [1.807, 2.05) is 30.3 Å². The smallest absolute Gasteiger partial charge is 0.326 e. The number of carboxylic acid groups (broad SMARTS) is 1. The Hall–Kier alpha value is -3.68. The van der Waals surface area contributed by atoms with Crippen LogP contribution in [0, 0.1) is 17.2 Å². The summed E-state index contributed by atoms with van der Waals surface area (Å²) in [6.45, 7) is 0.331. The van der Waals surface area contributed by atoms with Gasteiger partial charge < -0.3 is 21.1 Å². The SMILES string of the molecule is CN(Cc1ccccc1)C(=O)[C@H](Cc1ccc(C(=N)N)cc1)C(=O)N[C@H](C(=O)O)C1CCCCC1. The first-order chi connectivity index (χ1) is 16.8. The highest BCUT2D eigenvalue weighted by molar-refractivity contribution is 6.01. The van der Waals surface area contributed by atoms with Crippen molar-refractivity contribution in [2.75, 3.05) is 7.05 Å². The molecular weight excluding hydrogens is 444 g/mol. The second kappa shape index (κ2) is 12.1. The molecule has 0 spiro atoms. The van der Waals surface area contributed by atoms with Crippen LogP contribution in [0.25, 0.3) is 0 Å². The van der Waals surface area contributed by atoms with Gasteiger partial charge in [-0.1, -0.05) is 73.9 Å². The fraction of sp³-hybridized carbons (Fsp3) is 0.407. The number of amidine groups is 1. The molecular formula is C27H34N4O4. The van der Waals surface area contributed by atoms with E-state index in [0.29, 0.717) is 12.1 Å². The second-order valence-corrected chi connectivity index (χ2v) is 9.27. The van der Waals surface area contributed by atoms with Crippen LogP contribution in [-0.4, -0.2) is 46.7 Å². The summed E-state index contributed by atoms with van der Waals surface area (Å²) < 4.78 is 0. The van der Waals surface area contributed by atoms with Gasteiger partial charge in [-0.25, -0.2) is 4.79 Å². The van der Waals surface area contributed by atoms with E-state index in [2.05, 4.69) is 5.32 Å². The molecule has 0 heterocycles. The Morgan fingerprint density at radius 1 is 1.03 bits per heavy atom. The highest BCUT2D eigenvalue weighted by Crippen LogP contribution is 2.27. The van der Waals surface area contributed by atoms with Crippen LogP contribution >= 0.6 is 0 Å². The summed E-state index contributed by atoms with van der Waals surface area (Å²) >= 11 is 0. The first kappa shape index (κ1) is 25.9. The van der Waals surface area contributed by atoms with E-state index in [-0.39, 0.29) is 24.1 Å². The van der Waals surface area contributed by atoms with Gasteiger partial charge in [0.25, 0.3) is 0 Å². The Kier molecular flexibility index (Phi) is 9.00. The summed E-state index contributed by atoms with van der Waals surface area (Å²) in [6, 6.07) is 15.3. The van der Waals surface area contributed by atoms with Crippen LogP contribution < -0.4 is 11.1 Å². The van der Waals surface area contributed by atoms with Crippen molar-refractivity contribution in [3.8, 4) is 0 Å². The van der Waals surface area contributed by atoms with E-state index in [9.17, 15) is 19.5 Å². The summed E-state index contributed by atoms with van der Waals surface area (Å²) in [7, 11) is 1.64. The quantitative estimate of drug-likeness (QED) is 0.236. The molecule has 3 rings (SSSR count). The molecule has 2 atom stereocenters. The molecule has 35 heavy (non-hydrogen) atoms. The van der Waals surface area contributed by atoms with Crippen molar-refractivity contribution in [2.45, 2.75) is 51.1 Å². The van der Waals surface area contributed by atoms with Gasteiger partial charge in [0.05, 0.1) is 0 Å². The Labute approximate surface area is 206 Å². The monoisotopic (exact) mass is 478 g/mol. The lowest BCUT2D eigenvalue weighted by Gasteiger charge is -2.30. The van der Waals surface area contributed by atoms with Crippen molar-refractivity contribution in [2.24, 2.45) is 17.6 Å². The Balaban J connectivity index is 1.82. The Morgan fingerprint density at radius 2 is 1.66 bits per heavy atom. The van der Waals surface area contributed by atoms with Crippen molar-refractivity contribution in [3.05, 3.63) is 71.3 Å². The molecule has 2 aromatic carbocycles. The van der Waals surface area contributed by atoms with Gasteiger partial charge >= 0.3 is 5.97 Å². The Bertz CT molecular complexity index is 1030. The van der Waals surface area contributed by atoms with Crippen molar-refractivity contribution in [1.29, 1.82) is 5.41 Å². The molecule has 1 saturated carbocycles. The second-order valence-electron chi connectivity index (χ2n) is 9.27. The molecule has 0 saturated heterocycles. The lowest BCUT2D eigenvalue weighted by molar-refractivity contribution is -0.148. The number of benzene rings is 2. The molecule has 0 unspecified atom stereocenters. The molecule has 0 bridgehead atoms. The maximum Gasteiger partial charge on any atom is 0.326 e. The molecule has 2 amide bonds. The van der Waals surface area contributed by atoms with Gasteiger partial charge in [0.15, 0.2) is 0 Å². The lowest BCUT2D eigenvalue weighted by Crippen LogP contribution is -2.51. The third kappa shape index (κ3) is 7.15. The number of amides is 2. The van der Waals surface area contributed by atoms with Crippen LogP contribution in [0.3, 0.4) is 0 Å². The highest BCUT2D eigenvalue weighted by Gasteiger charge is 2.36. The molecule has 2 aromatic rings. The normalized spacial score (nSPS) is 15.6. The number of nitrogens with zero attached hydrogens (tertiary/aromatic N) is 1. The number of nitrogens with one attached hydrogen (secondary N) is 2. The number of carbonyl (C=O) groups is 3. The van der Waals surface area contributed by atoms with Crippen LogP contribution in [0.5, 0.6) is 0 Å². The van der Waals surface area contributed by atoms with Crippen molar-refractivity contribution in [3.63, 3.8) is 0 Å². The van der Waals surface area contributed by atoms with Crippen molar-refractivity contribution < 1.29 is 19.5 Å². The number of rotatable bonds is 10. The van der Waals surface area contributed by atoms with Gasteiger partial charge in [0.1, 0.15) is 17.8 Å². The minimum Gasteiger partial charge on any atom is -0.480 e. The van der Waals surface area contributed by atoms with Gasteiger partial charge in [-0.3, -0.25) is 15.0 Å². The molecule has 5 N–H and O–H groups in total. The predicted octanol–water partition coefficient (Wildman–Crippen LogP) is 2.94. The van der Waals surface area contributed by atoms with Gasteiger partial charge in [-0.15, -0.1) is 0 Å². The molecule has 8 nitrogen and oxygen atoms in total. The molecule has 0 aromatic heterocycles. The van der Waals surface area contributed by atoms with Crippen molar-refractivity contribution in [1.82, 2.24) is 10.2 Å². The van der Waals surface area contributed by atoms with E-state index in [0.717, 1.165) is 43.2 Å². The van der Waals surface area contributed by atoms with E-state index in [4.69, 9.17) is 11.1 Å². The van der Waals surface area contributed by atoms with Crippen LogP contribution in [-0.2, 0) is 27.3 Å². The fourth-order valence-electron chi connectivity index (χ4n) is 4.65. The predicted molar refractivity (Wildman–Crippen MR) is 134 cm³/mol. The average Bonchev–Trinajstić information content (AvgIpc) is 2.86. The van der Waals surface area contributed by atoms with E-state index >= 15 is 0 Å². The zero-order chi connectivity index (χ0) is 25.4. The molecule has 0 aliphatic heterocycles.